The molecule has 0 aliphatic rings. The normalized spacial score (nSPS) is 10.2. The molecule has 0 unspecified atom stereocenters. The smallest absolute Gasteiger partial charge is 0.229 e. The Morgan fingerprint density at radius 1 is 1.46 bits per heavy atom. The van der Waals surface area contributed by atoms with Crippen molar-refractivity contribution in [3.63, 3.8) is 0 Å². The first-order valence-electron chi connectivity index (χ1n) is 3.83. The maximum absolute atomic E-state index is 11.1. The molecule has 68 valence electrons. The Morgan fingerprint density at radius 2 is 2.15 bits per heavy atom. The van der Waals surface area contributed by atoms with Crippen molar-refractivity contribution < 1.29 is 10.0 Å². The number of oxime groups is 1. The molecule has 0 radical (unpaired) electrons. The molecule has 4 heteroatoms. The number of carbonyl (C=O) groups excluding carboxylic acids is 1. The lowest BCUT2D eigenvalue weighted by atomic mass is 10.3. The highest BCUT2D eigenvalue weighted by atomic mass is 16.4. The Morgan fingerprint density at radius 3 is 2.77 bits per heavy atom. The fourth-order valence-electron chi connectivity index (χ4n) is 0.857. The van der Waals surface area contributed by atoms with Gasteiger partial charge in [-0.25, -0.2) is 0 Å². The van der Waals surface area contributed by atoms with Crippen molar-refractivity contribution in [2.45, 2.75) is 6.42 Å². The van der Waals surface area contributed by atoms with Gasteiger partial charge in [0.25, 0.3) is 0 Å². The summed E-state index contributed by atoms with van der Waals surface area (Å²) in [5, 5.41) is 13.4. The van der Waals surface area contributed by atoms with E-state index in [0.29, 0.717) is 0 Å². The molecule has 13 heavy (non-hydrogen) atoms. The summed E-state index contributed by atoms with van der Waals surface area (Å²) in [5.74, 6) is -0.205. The van der Waals surface area contributed by atoms with Crippen LogP contribution in [-0.2, 0) is 4.79 Å². The summed E-state index contributed by atoms with van der Waals surface area (Å²) in [4.78, 5) is 11.1. The number of hydrogen-bond acceptors (Lipinski definition) is 3. The minimum absolute atomic E-state index is 0.0748. The second-order valence-electron chi connectivity index (χ2n) is 2.42. The number of benzene rings is 1. The van der Waals surface area contributed by atoms with Crippen LogP contribution in [0.3, 0.4) is 0 Å². The van der Waals surface area contributed by atoms with E-state index in [0.717, 1.165) is 11.9 Å². The van der Waals surface area contributed by atoms with E-state index in [2.05, 4.69) is 10.5 Å². The van der Waals surface area contributed by atoms with Gasteiger partial charge in [-0.15, -0.1) is 5.16 Å². The van der Waals surface area contributed by atoms with Crippen molar-refractivity contribution in [1.29, 1.82) is 0 Å². The van der Waals surface area contributed by atoms with Gasteiger partial charge in [-0.1, -0.05) is 18.2 Å². The van der Waals surface area contributed by atoms with Gasteiger partial charge in [0.2, 0.25) is 5.91 Å². The van der Waals surface area contributed by atoms with Gasteiger partial charge < -0.3 is 10.5 Å². The minimum Gasteiger partial charge on any atom is -0.411 e. The molecular weight excluding hydrogens is 168 g/mol. The van der Waals surface area contributed by atoms with E-state index < -0.39 is 0 Å². The first kappa shape index (κ1) is 9.25. The zero-order valence-corrected chi connectivity index (χ0v) is 6.97. The Bertz CT molecular complexity index is 296. The maximum Gasteiger partial charge on any atom is 0.229 e. The summed E-state index contributed by atoms with van der Waals surface area (Å²) in [7, 11) is 0. The number of amides is 1. The molecule has 0 saturated carbocycles. The minimum atomic E-state index is -0.205. The third-order valence-corrected chi connectivity index (χ3v) is 1.42. The van der Waals surface area contributed by atoms with Gasteiger partial charge in [0, 0.05) is 5.69 Å². The lowest BCUT2D eigenvalue weighted by Crippen LogP contribution is -2.11. The topological polar surface area (TPSA) is 61.7 Å². The molecule has 0 aromatic heterocycles. The number of nitrogens with one attached hydrogen (secondary N) is 1. The number of hydrogen-bond donors (Lipinski definition) is 2. The monoisotopic (exact) mass is 178 g/mol. The zero-order chi connectivity index (χ0) is 9.52. The van der Waals surface area contributed by atoms with Crippen molar-refractivity contribution in [1.82, 2.24) is 0 Å². The molecule has 1 rings (SSSR count). The summed E-state index contributed by atoms with van der Waals surface area (Å²) in [6, 6.07) is 9.10. The fourth-order valence-corrected chi connectivity index (χ4v) is 0.857. The highest BCUT2D eigenvalue weighted by molar-refractivity contribution is 5.98. The number of rotatable bonds is 3. The first-order valence-corrected chi connectivity index (χ1v) is 3.83. The van der Waals surface area contributed by atoms with Gasteiger partial charge in [-0.2, -0.15) is 0 Å². The SMILES string of the molecule is O=C(CC=NO)Nc1ccccc1. The molecule has 0 aliphatic carbocycles. The molecule has 0 atom stereocenters. The van der Waals surface area contributed by atoms with Crippen LogP contribution in [0.25, 0.3) is 0 Å². The maximum atomic E-state index is 11.1. The summed E-state index contributed by atoms with van der Waals surface area (Å²) in [5.41, 5.74) is 0.735. The second-order valence-corrected chi connectivity index (χ2v) is 2.42. The average molecular weight is 178 g/mol. The standard InChI is InChI=1S/C9H10N2O2/c12-9(6-7-10-13)11-8-4-2-1-3-5-8/h1-5,7,13H,6H2,(H,11,12). The van der Waals surface area contributed by atoms with E-state index in [9.17, 15) is 4.79 Å². The van der Waals surface area contributed by atoms with Crippen LogP contribution < -0.4 is 5.32 Å². The Labute approximate surface area is 75.9 Å². The molecule has 0 heterocycles. The Balaban J connectivity index is 2.46. The van der Waals surface area contributed by atoms with E-state index >= 15 is 0 Å². The van der Waals surface area contributed by atoms with Crippen LogP contribution in [0.5, 0.6) is 0 Å². The van der Waals surface area contributed by atoms with Gasteiger partial charge in [0.1, 0.15) is 0 Å². The quantitative estimate of drug-likeness (QED) is 0.418. The van der Waals surface area contributed by atoms with Crippen molar-refractivity contribution in [3.8, 4) is 0 Å². The highest BCUT2D eigenvalue weighted by Crippen LogP contribution is 2.04. The third-order valence-electron chi connectivity index (χ3n) is 1.42. The van der Waals surface area contributed by atoms with Gasteiger partial charge in [0.15, 0.2) is 0 Å². The fraction of sp³-hybridized carbons (Fsp3) is 0.111. The largest absolute Gasteiger partial charge is 0.411 e. The van der Waals surface area contributed by atoms with Crippen LogP contribution in [0.1, 0.15) is 6.42 Å². The van der Waals surface area contributed by atoms with Crippen LogP contribution in [0.4, 0.5) is 5.69 Å². The molecule has 0 saturated heterocycles. The molecule has 0 aliphatic heterocycles. The van der Waals surface area contributed by atoms with Crippen LogP contribution in [0, 0.1) is 0 Å². The van der Waals surface area contributed by atoms with Crippen molar-refractivity contribution in [2.75, 3.05) is 5.32 Å². The summed E-state index contributed by atoms with van der Waals surface area (Å²) in [6.45, 7) is 0. The van der Waals surface area contributed by atoms with Gasteiger partial charge in [-0.05, 0) is 12.1 Å². The van der Waals surface area contributed by atoms with Crippen molar-refractivity contribution >= 4 is 17.8 Å². The van der Waals surface area contributed by atoms with Crippen LogP contribution in [0.2, 0.25) is 0 Å². The Hall–Kier alpha value is -1.84. The Kier molecular flexibility index (Phi) is 3.50. The number of anilines is 1. The van der Waals surface area contributed by atoms with Crippen molar-refractivity contribution in [3.05, 3.63) is 30.3 Å². The summed E-state index contributed by atoms with van der Waals surface area (Å²) >= 11 is 0. The van der Waals surface area contributed by atoms with Gasteiger partial charge in [-0.3, -0.25) is 4.79 Å². The molecule has 1 amide bonds. The van der Waals surface area contributed by atoms with Crippen LogP contribution in [0.15, 0.2) is 35.5 Å². The summed E-state index contributed by atoms with van der Waals surface area (Å²) < 4.78 is 0. The lowest BCUT2D eigenvalue weighted by molar-refractivity contribution is -0.115. The first-order chi connectivity index (χ1) is 6.33. The molecule has 0 fully saturated rings. The predicted molar refractivity (Wildman–Crippen MR) is 50.0 cm³/mol. The molecule has 4 nitrogen and oxygen atoms in total. The third kappa shape index (κ3) is 3.37. The molecule has 0 bridgehead atoms. The molecule has 0 spiro atoms. The highest BCUT2D eigenvalue weighted by Gasteiger charge is 1.98. The number of nitrogens with zero attached hydrogens (tertiary/aromatic N) is 1. The lowest BCUT2D eigenvalue weighted by Gasteiger charge is -2.01. The van der Waals surface area contributed by atoms with E-state index in [4.69, 9.17) is 5.21 Å². The van der Waals surface area contributed by atoms with E-state index in [1.807, 2.05) is 18.2 Å². The van der Waals surface area contributed by atoms with Crippen molar-refractivity contribution in [2.24, 2.45) is 5.16 Å². The van der Waals surface area contributed by atoms with E-state index in [1.165, 1.54) is 0 Å². The van der Waals surface area contributed by atoms with Gasteiger partial charge >= 0.3 is 0 Å². The average Bonchev–Trinajstić information content (AvgIpc) is 2.16. The van der Waals surface area contributed by atoms with Crippen LogP contribution >= 0.6 is 0 Å². The van der Waals surface area contributed by atoms with Crippen LogP contribution in [-0.4, -0.2) is 17.3 Å². The molecule has 2 N–H and O–H groups in total. The van der Waals surface area contributed by atoms with E-state index in [-0.39, 0.29) is 12.3 Å². The number of para-hydroxylation sites is 1. The second kappa shape index (κ2) is 4.92. The molecule has 1 aromatic rings. The predicted octanol–water partition coefficient (Wildman–Crippen LogP) is 1.48. The van der Waals surface area contributed by atoms with Gasteiger partial charge in [0.05, 0.1) is 12.6 Å². The molecule has 1 aromatic carbocycles. The molecular formula is C9H10N2O2. The van der Waals surface area contributed by atoms with E-state index in [1.54, 1.807) is 12.1 Å². The number of carbonyl (C=O) groups is 1. The zero-order valence-electron chi connectivity index (χ0n) is 6.97. The summed E-state index contributed by atoms with van der Waals surface area (Å²) in [6.07, 6.45) is 1.21.